The Labute approximate surface area is 144 Å². The molecule has 5 atom stereocenters. The van der Waals surface area contributed by atoms with Gasteiger partial charge in [0.1, 0.15) is 11.5 Å². The van der Waals surface area contributed by atoms with Crippen molar-refractivity contribution in [3.8, 4) is 0 Å². The summed E-state index contributed by atoms with van der Waals surface area (Å²) < 4.78 is 5.55. The molecule has 2 unspecified atom stereocenters. The van der Waals surface area contributed by atoms with Crippen LogP contribution in [-0.4, -0.2) is 18.0 Å². The van der Waals surface area contributed by atoms with Gasteiger partial charge < -0.3 is 10.5 Å². The van der Waals surface area contributed by atoms with E-state index in [1.54, 1.807) is 0 Å². The monoisotopic (exact) mass is 331 g/mol. The number of ether oxygens (including phenoxy) is 1. The van der Waals surface area contributed by atoms with Crippen molar-refractivity contribution in [2.24, 2.45) is 33.8 Å². The molecule has 24 heavy (non-hydrogen) atoms. The number of nitrogens with two attached hydrogens (primary N) is 1. The first-order chi connectivity index (χ1) is 11.2. The van der Waals surface area contributed by atoms with Crippen LogP contribution in [0.25, 0.3) is 0 Å². The molecule has 0 radical (unpaired) electrons. The van der Waals surface area contributed by atoms with Crippen LogP contribution >= 0.6 is 0 Å². The fraction of sp³-hybridized carbons (Fsp3) is 0.800. The Morgan fingerprint density at radius 3 is 2.62 bits per heavy atom. The summed E-state index contributed by atoms with van der Waals surface area (Å²) in [6.45, 7) is 7.19. The second kappa shape index (κ2) is 4.86. The molecule has 132 valence electrons. The lowest BCUT2D eigenvalue weighted by Gasteiger charge is -2.65. The molecule has 1 aliphatic heterocycles. The molecule has 3 aliphatic carbocycles. The van der Waals surface area contributed by atoms with Crippen molar-refractivity contribution in [1.82, 2.24) is 0 Å². The van der Waals surface area contributed by atoms with Crippen LogP contribution in [0.2, 0.25) is 0 Å². The smallest absolute Gasteiger partial charge is 0.316 e. The standard InChI is InChI=1S/C20H29NO3/c1-18(2)8-4-9-19(3)13(18)7-10-20-14(19)6-5-12(16(21)22)11-15(20)24-17(20)23/h5,13-15H,4,6-11H2,1-3H3,(H2,21,22)/t13?,14?,15-,19+,20+/m1/s1. The molecule has 2 N–H and O–H groups in total. The summed E-state index contributed by atoms with van der Waals surface area (Å²) in [5.74, 6) is 0.510. The number of carbonyl (C=O) groups is 2. The Balaban J connectivity index is 1.79. The molecule has 4 aliphatic rings. The summed E-state index contributed by atoms with van der Waals surface area (Å²) in [6.07, 6.45) is 8.81. The molecule has 4 rings (SSSR count). The third-order valence-electron chi connectivity index (χ3n) is 8.07. The summed E-state index contributed by atoms with van der Waals surface area (Å²) in [5, 5.41) is 0. The van der Waals surface area contributed by atoms with Crippen molar-refractivity contribution in [2.45, 2.75) is 71.8 Å². The van der Waals surface area contributed by atoms with Crippen LogP contribution in [0.3, 0.4) is 0 Å². The lowest BCUT2D eigenvalue weighted by atomic mass is 9.41. The van der Waals surface area contributed by atoms with Gasteiger partial charge >= 0.3 is 5.97 Å². The van der Waals surface area contributed by atoms with E-state index in [9.17, 15) is 9.59 Å². The minimum atomic E-state index is -0.383. The normalized spacial score (nSPS) is 46.2. The maximum atomic E-state index is 12.7. The maximum absolute atomic E-state index is 12.7. The van der Waals surface area contributed by atoms with E-state index >= 15 is 0 Å². The van der Waals surface area contributed by atoms with Crippen LogP contribution in [0.5, 0.6) is 0 Å². The fourth-order valence-corrected chi connectivity index (χ4v) is 6.94. The highest BCUT2D eigenvalue weighted by Crippen LogP contribution is 2.69. The van der Waals surface area contributed by atoms with E-state index in [0.29, 0.717) is 23.3 Å². The zero-order valence-electron chi connectivity index (χ0n) is 15.1. The van der Waals surface area contributed by atoms with Crippen molar-refractivity contribution in [2.75, 3.05) is 0 Å². The van der Waals surface area contributed by atoms with Gasteiger partial charge in [0, 0.05) is 12.0 Å². The van der Waals surface area contributed by atoms with Gasteiger partial charge in [0.25, 0.3) is 0 Å². The zero-order valence-corrected chi connectivity index (χ0v) is 15.1. The summed E-state index contributed by atoms with van der Waals surface area (Å²) in [7, 11) is 0. The average Bonchev–Trinajstić information content (AvgIpc) is 2.62. The van der Waals surface area contributed by atoms with E-state index in [0.717, 1.165) is 19.3 Å². The Morgan fingerprint density at radius 2 is 1.96 bits per heavy atom. The first kappa shape index (κ1) is 16.2. The molecular weight excluding hydrogens is 302 g/mol. The minimum absolute atomic E-state index is 0.0281. The first-order valence-corrected chi connectivity index (χ1v) is 9.42. The third-order valence-corrected chi connectivity index (χ3v) is 8.07. The van der Waals surface area contributed by atoms with E-state index in [1.165, 1.54) is 19.3 Å². The van der Waals surface area contributed by atoms with Gasteiger partial charge in [-0.1, -0.05) is 33.3 Å². The van der Waals surface area contributed by atoms with E-state index in [1.807, 2.05) is 6.08 Å². The number of esters is 1. The molecule has 3 fully saturated rings. The number of hydrogen-bond donors (Lipinski definition) is 1. The second-order valence-electron chi connectivity index (χ2n) is 9.46. The van der Waals surface area contributed by atoms with Crippen molar-refractivity contribution in [3.63, 3.8) is 0 Å². The number of fused-ring (bicyclic) bond motifs is 2. The van der Waals surface area contributed by atoms with Crippen molar-refractivity contribution in [1.29, 1.82) is 0 Å². The number of hydrogen-bond acceptors (Lipinski definition) is 3. The highest BCUT2D eigenvalue weighted by molar-refractivity contribution is 5.93. The summed E-state index contributed by atoms with van der Waals surface area (Å²) in [6, 6.07) is 0. The Bertz CT molecular complexity index is 637. The Morgan fingerprint density at radius 1 is 1.21 bits per heavy atom. The molecule has 4 nitrogen and oxygen atoms in total. The quantitative estimate of drug-likeness (QED) is 0.749. The summed E-state index contributed by atoms with van der Waals surface area (Å²) in [4.78, 5) is 24.4. The van der Waals surface area contributed by atoms with Gasteiger partial charge in [-0.05, 0) is 54.8 Å². The molecule has 0 aromatic rings. The predicted octanol–water partition coefficient (Wildman–Crippen LogP) is 3.35. The number of rotatable bonds is 1. The molecule has 1 amide bonds. The number of amides is 1. The molecule has 4 heteroatoms. The summed E-state index contributed by atoms with van der Waals surface area (Å²) in [5.41, 5.74) is 6.28. The highest BCUT2D eigenvalue weighted by atomic mass is 16.6. The van der Waals surface area contributed by atoms with Crippen molar-refractivity contribution < 1.29 is 14.3 Å². The number of allylic oxidation sites excluding steroid dienone is 1. The SMILES string of the molecule is CC1(C)CCC[C@@]2(C)C1CC[C@@]13C(=O)O[C@@H]1CC(C(N)=O)=CCC23. The topological polar surface area (TPSA) is 69.4 Å². The molecule has 2 saturated carbocycles. The number of carbonyl (C=O) groups excluding carboxylic acids is 2. The molecule has 1 saturated heterocycles. The van der Waals surface area contributed by atoms with E-state index in [-0.39, 0.29) is 34.7 Å². The van der Waals surface area contributed by atoms with E-state index in [4.69, 9.17) is 10.5 Å². The van der Waals surface area contributed by atoms with Crippen LogP contribution < -0.4 is 5.73 Å². The zero-order chi connectivity index (χ0) is 17.3. The summed E-state index contributed by atoms with van der Waals surface area (Å²) >= 11 is 0. The molecular formula is C20H29NO3. The van der Waals surface area contributed by atoms with Gasteiger partial charge in [-0.15, -0.1) is 0 Å². The van der Waals surface area contributed by atoms with Gasteiger partial charge in [-0.2, -0.15) is 0 Å². The van der Waals surface area contributed by atoms with Crippen molar-refractivity contribution in [3.05, 3.63) is 11.6 Å². The van der Waals surface area contributed by atoms with E-state index in [2.05, 4.69) is 20.8 Å². The van der Waals surface area contributed by atoms with Crippen LogP contribution in [0.1, 0.15) is 65.7 Å². The lowest BCUT2D eigenvalue weighted by molar-refractivity contribution is -0.249. The third kappa shape index (κ3) is 1.86. The van der Waals surface area contributed by atoms with Crippen LogP contribution in [0, 0.1) is 28.1 Å². The Kier molecular flexibility index (Phi) is 3.27. The number of primary amides is 1. The van der Waals surface area contributed by atoms with Crippen LogP contribution in [0.4, 0.5) is 0 Å². The van der Waals surface area contributed by atoms with Gasteiger partial charge in [-0.25, -0.2) is 0 Å². The van der Waals surface area contributed by atoms with Gasteiger partial charge in [-0.3, -0.25) is 9.59 Å². The minimum Gasteiger partial charge on any atom is -0.460 e. The van der Waals surface area contributed by atoms with Crippen molar-refractivity contribution >= 4 is 11.9 Å². The molecule has 0 aromatic carbocycles. The largest absolute Gasteiger partial charge is 0.460 e. The molecule has 1 spiro atoms. The second-order valence-corrected chi connectivity index (χ2v) is 9.46. The van der Waals surface area contributed by atoms with Gasteiger partial charge in [0.15, 0.2) is 0 Å². The fourth-order valence-electron chi connectivity index (χ4n) is 6.94. The highest BCUT2D eigenvalue weighted by Gasteiger charge is 2.70. The average molecular weight is 331 g/mol. The molecule has 0 bridgehead atoms. The van der Waals surface area contributed by atoms with Gasteiger partial charge in [0.2, 0.25) is 5.91 Å². The molecule has 0 aromatic heterocycles. The van der Waals surface area contributed by atoms with Crippen LogP contribution in [0.15, 0.2) is 11.6 Å². The van der Waals surface area contributed by atoms with E-state index < -0.39 is 0 Å². The Hall–Kier alpha value is -1.32. The lowest BCUT2D eigenvalue weighted by Crippen LogP contribution is -2.67. The molecule has 1 heterocycles. The predicted molar refractivity (Wildman–Crippen MR) is 90.8 cm³/mol. The van der Waals surface area contributed by atoms with Crippen LogP contribution in [-0.2, 0) is 14.3 Å². The maximum Gasteiger partial charge on any atom is 0.316 e. The van der Waals surface area contributed by atoms with Gasteiger partial charge in [0.05, 0.1) is 0 Å². The first-order valence-electron chi connectivity index (χ1n) is 9.42.